The van der Waals surface area contributed by atoms with Gasteiger partial charge in [0.2, 0.25) is 0 Å². The number of nitrogens with zero attached hydrogens (tertiary/aromatic N) is 1. The van der Waals surface area contributed by atoms with Crippen molar-refractivity contribution in [2.24, 2.45) is 0 Å². The third kappa shape index (κ3) is 9.01. The maximum absolute atomic E-state index is 11.3. The minimum absolute atomic E-state index is 0.0139. The highest BCUT2D eigenvalue weighted by Crippen LogP contribution is 2.06. The quantitative estimate of drug-likeness (QED) is 0.389. The van der Waals surface area contributed by atoms with Gasteiger partial charge in [0.1, 0.15) is 0 Å². The second-order valence-corrected chi connectivity index (χ2v) is 2.82. The second kappa shape index (κ2) is 12.7. The van der Waals surface area contributed by atoms with Gasteiger partial charge in [-0.15, -0.1) is 13.2 Å². The number of amides is 1. The Morgan fingerprint density at radius 1 is 1.13 bits per heavy atom. The molecule has 0 fully saturated rings. The first-order chi connectivity index (χ1) is 7.00. The molecule has 2 heteroatoms. The number of hydrogen-bond donors (Lipinski definition) is 0. The van der Waals surface area contributed by atoms with Crippen LogP contribution in [0.25, 0.3) is 0 Å². The highest BCUT2D eigenvalue weighted by Gasteiger charge is 2.08. The number of carbonyl (C=O) groups excluding carboxylic acids is 1. The maximum atomic E-state index is 11.3. The fourth-order valence-corrected chi connectivity index (χ4v) is 0.746. The first-order valence-electron chi connectivity index (χ1n) is 5.02. The van der Waals surface area contributed by atoms with Gasteiger partial charge in [-0.3, -0.25) is 4.79 Å². The van der Waals surface area contributed by atoms with Crippen molar-refractivity contribution in [3.8, 4) is 0 Å². The van der Waals surface area contributed by atoms with Crippen LogP contribution in [0.15, 0.2) is 37.0 Å². The molecule has 0 aliphatic rings. The van der Waals surface area contributed by atoms with E-state index in [4.69, 9.17) is 0 Å². The Morgan fingerprint density at radius 3 is 1.53 bits per heavy atom. The van der Waals surface area contributed by atoms with Crippen LogP contribution < -0.4 is 0 Å². The first-order valence-corrected chi connectivity index (χ1v) is 5.02. The minimum Gasteiger partial charge on any atom is -0.345 e. The van der Waals surface area contributed by atoms with Gasteiger partial charge in [-0.05, 0) is 13.8 Å². The van der Waals surface area contributed by atoms with Crippen LogP contribution >= 0.6 is 0 Å². The van der Waals surface area contributed by atoms with E-state index in [1.807, 2.05) is 27.7 Å². The van der Waals surface area contributed by atoms with Gasteiger partial charge in [-0.2, -0.15) is 0 Å². The lowest BCUT2D eigenvalue weighted by Gasteiger charge is -2.11. The zero-order valence-corrected chi connectivity index (χ0v) is 11.1. The van der Waals surface area contributed by atoms with E-state index < -0.39 is 0 Å². The third-order valence-corrected chi connectivity index (χ3v) is 1.38. The molecule has 0 radical (unpaired) electrons. The molecule has 1 amide bonds. The molecule has 0 aromatic carbocycles. The molecular weight excluding hydrogens is 186 g/mol. The van der Waals surface area contributed by atoms with E-state index in [0.717, 1.165) is 5.57 Å². The SMILES string of the molecule is C=C.C=CC(C(=O)N(C)C)=C(C)C.CC. The van der Waals surface area contributed by atoms with Gasteiger partial charge in [-0.1, -0.05) is 32.1 Å². The van der Waals surface area contributed by atoms with Crippen LogP contribution in [0.2, 0.25) is 0 Å². The average Bonchev–Trinajstić information content (AvgIpc) is 2.24. The van der Waals surface area contributed by atoms with Crippen LogP contribution in [0.4, 0.5) is 0 Å². The molecule has 0 aromatic rings. The summed E-state index contributed by atoms with van der Waals surface area (Å²) in [6.45, 7) is 17.4. The molecular formula is C13H25NO. The molecule has 0 atom stereocenters. The summed E-state index contributed by atoms with van der Waals surface area (Å²) in [6.07, 6.45) is 1.59. The topological polar surface area (TPSA) is 20.3 Å². The van der Waals surface area contributed by atoms with Crippen LogP contribution in [0, 0.1) is 0 Å². The molecule has 0 aliphatic carbocycles. The molecule has 0 N–H and O–H groups in total. The summed E-state index contributed by atoms with van der Waals surface area (Å²) in [5, 5.41) is 0. The summed E-state index contributed by atoms with van der Waals surface area (Å²) in [5.41, 5.74) is 1.69. The summed E-state index contributed by atoms with van der Waals surface area (Å²) in [7, 11) is 3.46. The second-order valence-electron chi connectivity index (χ2n) is 2.82. The molecule has 0 bridgehead atoms. The normalized spacial score (nSPS) is 7.07. The highest BCUT2D eigenvalue weighted by molar-refractivity contribution is 5.96. The van der Waals surface area contributed by atoms with Crippen molar-refractivity contribution < 1.29 is 4.79 Å². The van der Waals surface area contributed by atoms with Crippen LogP contribution in [0.5, 0.6) is 0 Å². The Labute approximate surface area is 95.0 Å². The fourth-order valence-electron chi connectivity index (χ4n) is 0.746. The zero-order chi connectivity index (χ0) is 13.0. The molecule has 0 aliphatic heterocycles. The predicted molar refractivity (Wildman–Crippen MR) is 69.9 cm³/mol. The number of rotatable bonds is 2. The van der Waals surface area contributed by atoms with Crippen LogP contribution in [0.1, 0.15) is 27.7 Å². The summed E-state index contributed by atoms with van der Waals surface area (Å²) >= 11 is 0. The molecule has 0 saturated heterocycles. The Morgan fingerprint density at radius 2 is 1.47 bits per heavy atom. The summed E-state index contributed by atoms with van der Waals surface area (Å²) < 4.78 is 0. The summed E-state index contributed by atoms with van der Waals surface area (Å²) in [6, 6.07) is 0. The Kier molecular flexibility index (Phi) is 16.3. The zero-order valence-electron chi connectivity index (χ0n) is 11.1. The fraction of sp³-hybridized carbons (Fsp3) is 0.462. The molecule has 0 unspecified atom stereocenters. The van der Waals surface area contributed by atoms with E-state index in [0.29, 0.717) is 5.57 Å². The highest BCUT2D eigenvalue weighted by atomic mass is 16.2. The number of carbonyl (C=O) groups is 1. The summed E-state index contributed by atoms with van der Waals surface area (Å²) in [5.74, 6) is 0.0139. The van der Waals surface area contributed by atoms with Gasteiger partial charge in [0.25, 0.3) is 5.91 Å². The first kappa shape index (κ1) is 19.3. The van der Waals surface area contributed by atoms with Crippen molar-refractivity contribution in [1.29, 1.82) is 0 Å². The Balaban J connectivity index is -0.000000318. The van der Waals surface area contributed by atoms with Crippen molar-refractivity contribution in [1.82, 2.24) is 4.90 Å². The number of allylic oxidation sites excluding steroid dienone is 1. The minimum atomic E-state index is 0.0139. The molecule has 0 saturated carbocycles. The Hall–Kier alpha value is -1.31. The van der Waals surface area contributed by atoms with Gasteiger partial charge < -0.3 is 4.90 Å². The largest absolute Gasteiger partial charge is 0.345 e. The van der Waals surface area contributed by atoms with Crippen molar-refractivity contribution in [2.45, 2.75) is 27.7 Å². The number of likely N-dealkylation sites (N-methyl/N-ethyl adjacent to an activating group) is 1. The van der Waals surface area contributed by atoms with Crippen molar-refractivity contribution in [3.63, 3.8) is 0 Å². The molecule has 2 nitrogen and oxygen atoms in total. The van der Waals surface area contributed by atoms with Crippen LogP contribution in [-0.2, 0) is 4.79 Å². The predicted octanol–water partition coefficient (Wildman–Crippen LogP) is 3.43. The van der Waals surface area contributed by atoms with E-state index in [2.05, 4.69) is 19.7 Å². The molecule has 15 heavy (non-hydrogen) atoms. The van der Waals surface area contributed by atoms with Crippen LogP contribution in [-0.4, -0.2) is 24.9 Å². The lowest BCUT2D eigenvalue weighted by Crippen LogP contribution is -2.23. The van der Waals surface area contributed by atoms with Crippen molar-refractivity contribution in [3.05, 3.63) is 37.0 Å². The van der Waals surface area contributed by atoms with Gasteiger partial charge in [0.15, 0.2) is 0 Å². The van der Waals surface area contributed by atoms with E-state index in [9.17, 15) is 4.79 Å². The molecule has 0 heterocycles. The molecule has 0 rings (SSSR count). The Bertz CT molecular complexity index is 211. The maximum Gasteiger partial charge on any atom is 0.253 e. The average molecular weight is 211 g/mol. The molecule has 88 valence electrons. The van der Waals surface area contributed by atoms with Gasteiger partial charge >= 0.3 is 0 Å². The van der Waals surface area contributed by atoms with Gasteiger partial charge in [0.05, 0.1) is 0 Å². The van der Waals surface area contributed by atoms with Crippen LogP contribution in [0.3, 0.4) is 0 Å². The molecule has 0 aromatic heterocycles. The molecule has 0 spiro atoms. The number of hydrogen-bond acceptors (Lipinski definition) is 1. The third-order valence-electron chi connectivity index (χ3n) is 1.38. The van der Waals surface area contributed by atoms with Gasteiger partial charge in [-0.25, -0.2) is 0 Å². The van der Waals surface area contributed by atoms with E-state index >= 15 is 0 Å². The monoisotopic (exact) mass is 211 g/mol. The van der Waals surface area contributed by atoms with E-state index in [1.165, 1.54) is 0 Å². The van der Waals surface area contributed by atoms with Crippen molar-refractivity contribution >= 4 is 5.91 Å². The lowest BCUT2D eigenvalue weighted by atomic mass is 10.1. The standard InChI is InChI=1S/C9H15NO.C2H6.C2H4/c1-6-8(7(2)3)9(11)10(4)5;2*1-2/h6H,1H2,2-5H3;1-2H3;1-2H2. The summed E-state index contributed by atoms with van der Waals surface area (Å²) in [4.78, 5) is 12.9. The lowest BCUT2D eigenvalue weighted by molar-refractivity contribution is -0.124. The smallest absolute Gasteiger partial charge is 0.253 e. The van der Waals surface area contributed by atoms with Gasteiger partial charge in [0, 0.05) is 19.7 Å². The van der Waals surface area contributed by atoms with E-state index in [1.54, 1.807) is 25.1 Å². The van der Waals surface area contributed by atoms with E-state index in [-0.39, 0.29) is 5.91 Å². The van der Waals surface area contributed by atoms with Crippen molar-refractivity contribution in [2.75, 3.05) is 14.1 Å².